The van der Waals surface area contributed by atoms with E-state index in [0.29, 0.717) is 16.8 Å². The van der Waals surface area contributed by atoms with Crippen LogP contribution >= 0.6 is 11.6 Å². The molecule has 37 heavy (non-hydrogen) atoms. The molecule has 1 aliphatic heterocycles. The Hall–Kier alpha value is -4.43. The number of anilines is 1. The molecule has 12 heteroatoms. The molecule has 9 nitrogen and oxygen atoms in total. The molecule has 0 atom stereocenters. The number of halogens is 3. The molecule has 0 fully saturated rings. The summed E-state index contributed by atoms with van der Waals surface area (Å²) in [6.07, 6.45) is -2.48. The first-order chi connectivity index (χ1) is 17.6. The molecule has 2 aromatic carbocycles. The number of furan rings is 1. The van der Waals surface area contributed by atoms with Gasteiger partial charge in [0.2, 0.25) is 5.91 Å². The van der Waals surface area contributed by atoms with Crippen LogP contribution in [0.1, 0.15) is 18.1 Å². The number of hydrogen-bond donors (Lipinski definition) is 0. The monoisotopic (exact) mass is 526 g/mol. The fourth-order valence-electron chi connectivity index (χ4n) is 4.17. The molecule has 1 amide bonds. The van der Waals surface area contributed by atoms with Crippen molar-refractivity contribution in [2.45, 2.75) is 26.7 Å². The highest BCUT2D eigenvalue weighted by molar-refractivity contribution is 6.31. The fourth-order valence-corrected chi connectivity index (χ4v) is 4.41. The second-order valence-corrected chi connectivity index (χ2v) is 8.64. The maximum absolute atomic E-state index is 13.5. The molecule has 0 N–H and O–H groups in total. The zero-order chi connectivity index (χ0) is 26.5. The van der Waals surface area contributed by atoms with E-state index >= 15 is 0 Å². The highest BCUT2D eigenvalue weighted by Crippen LogP contribution is 2.44. The normalized spacial score (nSPS) is 13.5. The molecule has 0 unspecified atom stereocenters. The van der Waals surface area contributed by atoms with E-state index in [4.69, 9.17) is 16.0 Å². The number of carbonyl (C=O) groups is 1. The maximum atomic E-state index is 13.5. The number of nitriles is 1. The Kier molecular flexibility index (Phi) is 5.84. The summed E-state index contributed by atoms with van der Waals surface area (Å²) in [5, 5.41) is 14.1. The lowest BCUT2D eigenvalue weighted by molar-refractivity contribution is -0.286. The minimum Gasteiger partial charge on any atom is -0.462 e. The lowest BCUT2D eigenvalue weighted by Gasteiger charge is -2.23. The van der Waals surface area contributed by atoms with Crippen molar-refractivity contribution in [2.24, 2.45) is 0 Å². The van der Waals surface area contributed by atoms with Crippen molar-refractivity contribution >= 4 is 34.2 Å². The number of nitrogens with zero attached hydrogens (tertiary/aromatic N) is 4. The van der Waals surface area contributed by atoms with Gasteiger partial charge in [0.15, 0.2) is 17.1 Å². The summed E-state index contributed by atoms with van der Waals surface area (Å²) in [5.41, 5.74) is 1.34. The second kappa shape index (κ2) is 8.90. The van der Waals surface area contributed by atoms with Crippen LogP contribution in [-0.2, 0) is 11.3 Å². The van der Waals surface area contributed by atoms with Crippen LogP contribution in [0.5, 0.6) is 11.5 Å². The Balaban J connectivity index is 1.54. The van der Waals surface area contributed by atoms with Crippen LogP contribution < -0.4 is 19.9 Å². The smallest absolute Gasteiger partial charge is 0.462 e. The number of carbonyl (C=O) groups excluding carboxylic acids is 1. The van der Waals surface area contributed by atoms with Crippen LogP contribution in [0.2, 0.25) is 5.02 Å². The lowest BCUT2D eigenvalue weighted by atomic mass is 10.1. The number of likely N-dealkylation sites (N-methyl/N-ethyl adjacent to an activating group) is 1. The van der Waals surface area contributed by atoms with Gasteiger partial charge < -0.3 is 18.8 Å². The average Bonchev–Trinajstić information content (AvgIpc) is 3.44. The largest absolute Gasteiger partial charge is 0.586 e. The summed E-state index contributed by atoms with van der Waals surface area (Å²) >= 11 is 6.16. The highest BCUT2D eigenvalue weighted by Gasteiger charge is 2.44. The van der Waals surface area contributed by atoms with E-state index in [2.05, 4.69) is 14.6 Å². The molecule has 2 aromatic heterocycles. The van der Waals surface area contributed by atoms with Crippen molar-refractivity contribution in [3.63, 3.8) is 0 Å². The van der Waals surface area contributed by atoms with E-state index in [-0.39, 0.29) is 45.3 Å². The lowest BCUT2D eigenvalue weighted by Crippen LogP contribution is -2.38. The first-order valence-electron chi connectivity index (χ1n) is 11.0. The second-order valence-electron chi connectivity index (χ2n) is 8.21. The fraction of sp³-hybridized carbons (Fsp3) is 0.200. The van der Waals surface area contributed by atoms with Gasteiger partial charge in [0, 0.05) is 23.2 Å². The third-order valence-corrected chi connectivity index (χ3v) is 6.00. The van der Waals surface area contributed by atoms with Gasteiger partial charge in [-0.3, -0.25) is 9.59 Å². The summed E-state index contributed by atoms with van der Waals surface area (Å²) in [4.78, 5) is 27.8. The molecule has 188 valence electrons. The number of fused-ring (bicyclic) bond motifs is 2. The summed E-state index contributed by atoms with van der Waals surface area (Å²) in [6.45, 7) is 3.05. The third kappa shape index (κ3) is 4.36. The van der Waals surface area contributed by atoms with E-state index in [1.807, 2.05) is 6.07 Å². The maximum Gasteiger partial charge on any atom is 0.586 e. The summed E-state index contributed by atoms with van der Waals surface area (Å²) < 4.78 is 42.5. The number of alkyl halides is 2. The van der Waals surface area contributed by atoms with Gasteiger partial charge in [-0.1, -0.05) is 11.6 Å². The van der Waals surface area contributed by atoms with Crippen molar-refractivity contribution in [3.8, 4) is 28.8 Å². The zero-order valence-corrected chi connectivity index (χ0v) is 20.2. The summed E-state index contributed by atoms with van der Waals surface area (Å²) in [6, 6.07) is 10.7. The topological polar surface area (TPSA) is 111 Å². The Bertz CT molecular complexity index is 1670. The minimum absolute atomic E-state index is 0.138. The van der Waals surface area contributed by atoms with Crippen molar-refractivity contribution in [2.75, 3.05) is 11.4 Å². The SMILES string of the molecule is CCN(C(=O)Cn1nc(-c2cc(Cl)cc(C#N)c2)c2occc2c1=O)c1cc2c(cc1C)OC(F)(F)O2. The van der Waals surface area contributed by atoms with Crippen LogP contribution in [0.25, 0.3) is 22.2 Å². The van der Waals surface area contributed by atoms with Crippen LogP contribution in [0.3, 0.4) is 0 Å². The van der Waals surface area contributed by atoms with Crippen LogP contribution in [0.4, 0.5) is 14.5 Å². The minimum atomic E-state index is -3.80. The standard InChI is InChI=1S/C25H17ClF2N4O5/c1-3-31(18-10-20-19(6-13(18)2)36-25(27,28)37-20)21(33)12-32-24(34)17-4-5-35-23(17)22(30-32)15-7-14(11-29)8-16(26)9-15/h4-10H,3,12H2,1-2H3. The molecule has 5 rings (SSSR count). The molecule has 0 saturated carbocycles. The van der Waals surface area contributed by atoms with Crippen LogP contribution in [0, 0.1) is 18.3 Å². The quantitative estimate of drug-likeness (QED) is 0.365. The molecule has 0 aliphatic carbocycles. The van der Waals surface area contributed by atoms with Gasteiger partial charge in [-0.25, -0.2) is 4.68 Å². The van der Waals surface area contributed by atoms with Gasteiger partial charge >= 0.3 is 6.29 Å². The van der Waals surface area contributed by atoms with Crippen LogP contribution in [0.15, 0.2) is 51.9 Å². The summed E-state index contributed by atoms with van der Waals surface area (Å²) in [7, 11) is 0. The van der Waals surface area contributed by atoms with Gasteiger partial charge in [-0.2, -0.15) is 10.4 Å². The molecule has 0 spiro atoms. The molecule has 0 bridgehead atoms. The van der Waals surface area contributed by atoms with Gasteiger partial charge in [-0.05, 0) is 49.7 Å². The number of amides is 1. The predicted molar refractivity (Wildman–Crippen MR) is 129 cm³/mol. The van der Waals surface area contributed by atoms with Gasteiger partial charge in [0.25, 0.3) is 5.56 Å². The zero-order valence-electron chi connectivity index (χ0n) is 19.4. The van der Waals surface area contributed by atoms with E-state index in [1.165, 1.54) is 41.5 Å². The molecule has 1 aliphatic rings. The number of benzene rings is 2. The highest BCUT2D eigenvalue weighted by atomic mass is 35.5. The molecule has 0 saturated heterocycles. The molecule has 4 aromatic rings. The molecular formula is C25H17ClF2N4O5. The van der Waals surface area contributed by atoms with Crippen molar-refractivity contribution in [3.05, 3.63) is 69.2 Å². The van der Waals surface area contributed by atoms with E-state index in [9.17, 15) is 23.6 Å². The molecule has 0 radical (unpaired) electrons. The Labute approximate surface area is 213 Å². The first-order valence-corrected chi connectivity index (χ1v) is 11.4. The van der Waals surface area contributed by atoms with Crippen molar-refractivity contribution in [1.29, 1.82) is 5.26 Å². The van der Waals surface area contributed by atoms with E-state index in [0.717, 1.165) is 4.68 Å². The average molecular weight is 527 g/mol. The first kappa shape index (κ1) is 24.3. The predicted octanol–water partition coefficient (Wildman–Crippen LogP) is 4.86. The summed E-state index contributed by atoms with van der Waals surface area (Å²) in [5.74, 6) is -0.868. The number of rotatable bonds is 5. The van der Waals surface area contributed by atoms with Crippen molar-refractivity contribution in [1.82, 2.24) is 9.78 Å². The number of hydrogen-bond acceptors (Lipinski definition) is 7. The molecule has 3 heterocycles. The Morgan fingerprint density at radius 3 is 2.65 bits per heavy atom. The third-order valence-electron chi connectivity index (χ3n) is 5.78. The van der Waals surface area contributed by atoms with Crippen LogP contribution in [-0.4, -0.2) is 28.5 Å². The van der Waals surface area contributed by atoms with Gasteiger partial charge in [-0.15, -0.1) is 8.78 Å². The number of aromatic nitrogens is 2. The van der Waals surface area contributed by atoms with Gasteiger partial charge in [0.05, 0.1) is 29.0 Å². The van der Waals surface area contributed by atoms with E-state index in [1.54, 1.807) is 19.9 Å². The van der Waals surface area contributed by atoms with Crippen molar-refractivity contribution < 1.29 is 27.5 Å². The Morgan fingerprint density at radius 1 is 1.22 bits per heavy atom. The number of aryl methyl sites for hydroxylation is 1. The Morgan fingerprint density at radius 2 is 1.95 bits per heavy atom. The van der Waals surface area contributed by atoms with E-state index < -0.39 is 24.3 Å². The number of ether oxygens (including phenoxy) is 2. The van der Waals surface area contributed by atoms with Gasteiger partial charge in [0.1, 0.15) is 12.2 Å². The molecular weight excluding hydrogens is 510 g/mol.